The lowest BCUT2D eigenvalue weighted by Gasteiger charge is -2.32. The molecule has 2 aromatic rings. The Kier molecular flexibility index (Phi) is 5.50. The number of piperidine rings is 1. The Bertz CT molecular complexity index is 814. The fraction of sp³-hybridized carbons (Fsp3) is 0.474. The molecule has 9 heteroatoms. The third-order valence-corrected chi connectivity index (χ3v) is 5.27. The highest BCUT2D eigenvalue weighted by atomic mass is 35.5. The van der Waals surface area contributed by atoms with Crippen molar-refractivity contribution in [2.24, 2.45) is 0 Å². The van der Waals surface area contributed by atoms with E-state index >= 15 is 0 Å². The van der Waals surface area contributed by atoms with Crippen LogP contribution in [0.4, 0.5) is 31.9 Å². The maximum Gasteiger partial charge on any atom is 0.230 e. The van der Waals surface area contributed by atoms with E-state index in [1.54, 1.807) is 0 Å². The third-order valence-electron chi connectivity index (χ3n) is 5.07. The number of anilines is 4. The van der Waals surface area contributed by atoms with Crippen LogP contribution in [0, 0.1) is 0 Å². The van der Waals surface area contributed by atoms with Crippen LogP contribution in [0.25, 0.3) is 0 Å². The van der Waals surface area contributed by atoms with E-state index in [2.05, 4.69) is 20.2 Å². The first-order valence-corrected chi connectivity index (χ1v) is 9.73. The second-order valence-corrected chi connectivity index (χ2v) is 7.61. The molecule has 4 rings (SSSR count). The molecule has 0 spiro atoms. The molecule has 2 aliphatic heterocycles. The van der Waals surface area contributed by atoms with E-state index in [1.165, 1.54) is 11.0 Å². The van der Waals surface area contributed by atoms with Crippen molar-refractivity contribution >= 4 is 34.7 Å². The van der Waals surface area contributed by atoms with E-state index in [-0.39, 0.29) is 30.3 Å². The molecular formula is C19H22ClF2N5O. The number of alkyl halides is 2. The number of benzene rings is 1. The van der Waals surface area contributed by atoms with E-state index in [9.17, 15) is 13.9 Å². The summed E-state index contributed by atoms with van der Waals surface area (Å²) >= 11 is 6.07. The number of aliphatic hydroxyl groups is 1. The molecule has 2 N–H and O–H groups in total. The number of aliphatic hydroxyl groups excluding tert-OH is 1. The Morgan fingerprint density at radius 1 is 1.04 bits per heavy atom. The van der Waals surface area contributed by atoms with Crippen LogP contribution >= 0.6 is 11.6 Å². The Morgan fingerprint density at radius 3 is 2.43 bits per heavy atom. The summed E-state index contributed by atoms with van der Waals surface area (Å²) < 4.78 is 27.0. The normalized spacial score (nSPS) is 25.2. The first kappa shape index (κ1) is 19.1. The molecule has 0 bridgehead atoms. The molecule has 0 saturated carbocycles. The molecule has 0 aliphatic carbocycles. The van der Waals surface area contributed by atoms with Crippen molar-refractivity contribution in [3.8, 4) is 0 Å². The van der Waals surface area contributed by atoms with Gasteiger partial charge in [-0.15, -0.1) is 0 Å². The number of halogens is 3. The molecule has 150 valence electrons. The molecule has 1 aromatic carbocycles. The quantitative estimate of drug-likeness (QED) is 0.755. The second kappa shape index (κ2) is 8.05. The summed E-state index contributed by atoms with van der Waals surface area (Å²) in [5.41, 5.74) is 1.81. The van der Waals surface area contributed by atoms with Gasteiger partial charge in [-0.3, -0.25) is 0 Å². The number of hydrogen-bond donors (Lipinski definition) is 2. The van der Waals surface area contributed by atoms with Gasteiger partial charge in [0.15, 0.2) is 12.3 Å². The molecule has 1 aromatic heterocycles. The van der Waals surface area contributed by atoms with Crippen LogP contribution in [0.1, 0.15) is 12.8 Å². The Morgan fingerprint density at radius 2 is 1.75 bits per heavy atom. The van der Waals surface area contributed by atoms with Gasteiger partial charge in [-0.25, -0.2) is 13.8 Å². The summed E-state index contributed by atoms with van der Waals surface area (Å²) in [4.78, 5) is 12.2. The van der Waals surface area contributed by atoms with Gasteiger partial charge in [-0.2, -0.15) is 4.98 Å². The summed E-state index contributed by atoms with van der Waals surface area (Å²) in [6.45, 7) is 1.45. The molecule has 3 atom stereocenters. The maximum absolute atomic E-state index is 13.5. The van der Waals surface area contributed by atoms with Crippen LogP contribution in [-0.2, 0) is 0 Å². The van der Waals surface area contributed by atoms with Crippen molar-refractivity contribution in [2.45, 2.75) is 31.3 Å². The van der Waals surface area contributed by atoms with Gasteiger partial charge in [0.1, 0.15) is 11.0 Å². The highest BCUT2D eigenvalue weighted by molar-refractivity contribution is 6.29. The molecular weight excluding hydrogens is 388 g/mol. The van der Waals surface area contributed by atoms with E-state index in [0.717, 1.165) is 30.8 Å². The number of nitrogens with one attached hydrogen (secondary N) is 1. The van der Waals surface area contributed by atoms with Crippen LogP contribution in [-0.4, -0.2) is 59.7 Å². The van der Waals surface area contributed by atoms with Crippen molar-refractivity contribution in [1.82, 2.24) is 9.97 Å². The first-order chi connectivity index (χ1) is 13.5. The van der Waals surface area contributed by atoms with Crippen LogP contribution in [0.3, 0.4) is 0 Å². The lowest BCUT2D eigenvalue weighted by molar-refractivity contribution is 0.154. The lowest BCUT2D eigenvalue weighted by Crippen LogP contribution is -2.38. The SMILES string of the molecule is OC1CCCN(c2ccc(Nc3nc(Cl)cc(N4C[C@H](F)[C@@H](F)C4)n3)cc2)C1. The zero-order valence-corrected chi connectivity index (χ0v) is 16.0. The van der Waals surface area contributed by atoms with E-state index in [4.69, 9.17) is 11.6 Å². The zero-order chi connectivity index (χ0) is 19.7. The fourth-order valence-electron chi connectivity index (χ4n) is 3.61. The topological polar surface area (TPSA) is 64.5 Å². The van der Waals surface area contributed by atoms with Crippen LogP contribution < -0.4 is 15.1 Å². The summed E-state index contributed by atoms with van der Waals surface area (Å²) in [5, 5.41) is 13.1. The second-order valence-electron chi connectivity index (χ2n) is 7.22. The molecule has 6 nitrogen and oxygen atoms in total. The summed E-state index contributed by atoms with van der Waals surface area (Å²) in [6, 6.07) is 9.22. The zero-order valence-electron chi connectivity index (χ0n) is 15.2. The van der Waals surface area contributed by atoms with Gasteiger partial charge in [-0.05, 0) is 37.1 Å². The van der Waals surface area contributed by atoms with Crippen LogP contribution in [0.5, 0.6) is 0 Å². The van der Waals surface area contributed by atoms with Crippen molar-refractivity contribution in [3.63, 3.8) is 0 Å². The van der Waals surface area contributed by atoms with Gasteiger partial charge in [-0.1, -0.05) is 11.6 Å². The van der Waals surface area contributed by atoms with Crippen LogP contribution in [0.2, 0.25) is 5.15 Å². The molecule has 2 saturated heterocycles. The molecule has 2 aliphatic rings. The minimum absolute atomic E-state index is 0.0513. The highest BCUT2D eigenvalue weighted by Gasteiger charge is 2.33. The number of β-amino-alcohol motifs (C(OH)–C–C–N with tert-alkyl or cyclic N) is 1. The van der Waals surface area contributed by atoms with Gasteiger partial charge in [0.2, 0.25) is 5.95 Å². The predicted molar refractivity (Wildman–Crippen MR) is 106 cm³/mol. The largest absolute Gasteiger partial charge is 0.391 e. The van der Waals surface area contributed by atoms with E-state index < -0.39 is 12.3 Å². The minimum atomic E-state index is -1.52. The standard InChI is InChI=1S/C19H22ClF2N5O/c20-17-8-18(27-10-15(21)16(22)11-27)25-19(24-17)23-12-3-5-13(6-4-12)26-7-1-2-14(28)9-26/h3-6,8,14-16,28H,1-2,7,9-11H2,(H,23,24,25)/t14?,15-,16-/m0/s1. The monoisotopic (exact) mass is 409 g/mol. The predicted octanol–water partition coefficient (Wildman–Crippen LogP) is 3.33. The van der Waals surface area contributed by atoms with Crippen molar-refractivity contribution < 1.29 is 13.9 Å². The molecule has 28 heavy (non-hydrogen) atoms. The van der Waals surface area contributed by atoms with Crippen LogP contribution in [0.15, 0.2) is 30.3 Å². The van der Waals surface area contributed by atoms with E-state index in [1.807, 2.05) is 24.3 Å². The molecule has 3 heterocycles. The first-order valence-electron chi connectivity index (χ1n) is 9.36. The van der Waals surface area contributed by atoms with Crippen molar-refractivity contribution in [1.29, 1.82) is 0 Å². The lowest BCUT2D eigenvalue weighted by atomic mass is 10.1. The minimum Gasteiger partial charge on any atom is -0.391 e. The van der Waals surface area contributed by atoms with Crippen molar-refractivity contribution in [2.75, 3.05) is 41.3 Å². The average molecular weight is 410 g/mol. The van der Waals surface area contributed by atoms with Gasteiger partial charge >= 0.3 is 0 Å². The van der Waals surface area contributed by atoms with Gasteiger partial charge < -0.3 is 20.2 Å². The summed E-state index contributed by atoms with van der Waals surface area (Å²) in [5.74, 6) is 0.658. The van der Waals surface area contributed by atoms with E-state index in [0.29, 0.717) is 12.4 Å². The van der Waals surface area contributed by atoms with Gasteiger partial charge in [0, 0.05) is 30.5 Å². The maximum atomic E-state index is 13.5. The summed E-state index contributed by atoms with van der Waals surface area (Å²) in [7, 11) is 0. The average Bonchev–Trinajstić information content (AvgIpc) is 3.01. The number of rotatable bonds is 4. The van der Waals surface area contributed by atoms with Gasteiger partial charge in [0.05, 0.1) is 19.2 Å². The fourth-order valence-corrected chi connectivity index (χ4v) is 3.79. The van der Waals surface area contributed by atoms with Gasteiger partial charge in [0.25, 0.3) is 0 Å². The van der Waals surface area contributed by atoms with Crippen molar-refractivity contribution in [3.05, 3.63) is 35.5 Å². The Hall–Kier alpha value is -2.19. The smallest absolute Gasteiger partial charge is 0.230 e. The summed E-state index contributed by atoms with van der Waals surface area (Å²) in [6.07, 6.45) is -1.52. The molecule has 0 radical (unpaired) electrons. The molecule has 2 fully saturated rings. The molecule has 1 unspecified atom stereocenters. The number of aromatic nitrogens is 2. The number of hydrogen-bond acceptors (Lipinski definition) is 6. The molecule has 0 amide bonds. The Labute approximate surface area is 167 Å². The Balaban J connectivity index is 1.47. The highest BCUT2D eigenvalue weighted by Crippen LogP contribution is 2.27. The number of nitrogens with zero attached hydrogens (tertiary/aromatic N) is 4. The third kappa shape index (κ3) is 4.28.